The molecular weight excluding hydrogens is 344 g/mol. The first kappa shape index (κ1) is 18.9. The summed E-state index contributed by atoms with van der Waals surface area (Å²) >= 11 is 0. The van der Waals surface area contributed by atoms with Crippen LogP contribution in [0.5, 0.6) is 5.75 Å². The maximum absolute atomic E-state index is 12.8. The molecule has 2 unspecified atom stereocenters. The molecule has 27 heavy (non-hydrogen) atoms. The molecule has 0 bridgehead atoms. The van der Waals surface area contributed by atoms with Gasteiger partial charge < -0.3 is 15.0 Å². The van der Waals surface area contributed by atoms with E-state index < -0.39 is 0 Å². The summed E-state index contributed by atoms with van der Waals surface area (Å²) in [7, 11) is 3.48. The number of amides is 2. The molecule has 144 valence electrons. The van der Waals surface area contributed by atoms with Gasteiger partial charge >= 0.3 is 0 Å². The van der Waals surface area contributed by atoms with Crippen LogP contribution >= 0.6 is 0 Å². The summed E-state index contributed by atoms with van der Waals surface area (Å²) in [6.07, 6.45) is 0.209. The van der Waals surface area contributed by atoms with E-state index in [4.69, 9.17) is 4.74 Å². The van der Waals surface area contributed by atoms with Gasteiger partial charge in [-0.2, -0.15) is 5.10 Å². The Kier molecular flexibility index (Phi) is 5.21. The zero-order chi connectivity index (χ0) is 19.7. The number of aromatic nitrogens is 2. The standard InChI is InChI=1S/C20H26N4O3/c1-12(19-13(2)22-23(4)14(19)3)21-20(26)15-9-18(25)24(11-15)16-7-6-8-17(10-16)27-5/h6-8,10,12,15H,9,11H2,1-5H3,(H,21,26). The Balaban J connectivity index is 1.70. The average Bonchev–Trinajstić information content (AvgIpc) is 3.14. The van der Waals surface area contributed by atoms with Crippen LogP contribution in [0.3, 0.4) is 0 Å². The molecule has 1 aliphatic heterocycles. The Bertz CT molecular complexity index is 874. The quantitative estimate of drug-likeness (QED) is 0.876. The second-order valence-corrected chi connectivity index (χ2v) is 7.05. The van der Waals surface area contributed by atoms with E-state index in [0.717, 1.165) is 22.6 Å². The number of nitrogens with zero attached hydrogens (tertiary/aromatic N) is 3. The van der Waals surface area contributed by atoms with Crippen molar-refractivity contribution in [3.63, 3.8) is 0 Å². The van der Waals surface area contributed by atoms with Crippen LogP contribution in [0.1, 0.15) is 36.3 Å². The van der Waals surface area contributed by atoms with Gasteiger partial charge in [0.2, 0.25) is 11.8 Å². The fourth-order valence-corrected chi connectivity index (χ4v) is 3.73. The lowest BCUT2D eigenvalue weighted by Crippen LogP contribution is -2.35. The van der Waals surface area contributed by atoms with E-state index in [9.17, 15) is 9.59 Å². The Morgan fingerprint density at radius 3 is 2.74 bits per heavy atom. The number of hydrogen-bond acceptors (Lipinski definition) is 4. The van der Waals surface area contributed by atoms with E-state index in [-0.39, 0.29) is 30.2 Å². The fraction of sp³-hybridized carbons (Fsp3) is 0.450. The van der Waals surface area contributed by atoms with Gasteiger partial charge in [-0.05, 0) is 32.9 Å². The summed E-state index contributed by atoms with van der Waals surface area (Å²) < 4.78 is 7.04. The summed E-state index contributed by atoms with van der Waals surface area (Å²) in [5, 5.41) is 7.46. The van der Waals surface area contributed by atoms with E-state index in [1.54, 1.807) is 12.0 Å². The number of hydrogen-bond donors (Lipinski definition) is 1. The van der Waals surface area contributed by atoms with E-state index in [2.05, 4.69) is 10.4 Å². The molecular formula is C20H26N4O3. The highest BCUT2D eigenvalue weighted by Gasteiger charge is 2.36. The second-order valence-electron chi connectivity index (χ2n) is 7.05. The summed E-state index contributed by atoms with van der Waals surface area (Å²) in [6.45, 7) is 6.25. The van der Waals surface area contributed by atoms with Gasteiger partial charge in [0.1, 0.15) is 5.75 Å². The third kappa shape index (κ3) is 3.67. The number of benzene rings is 1. The minimum absolute atomic E-state index is 0.0511. The van der Waals surface area contributed by atoms with Crippen LogP contribution in [0.25, 0.3) is 0 Å². The highest BCUT2D eigenvalue weighted by molar-refractivity contribution is 6.00. The molecule has 0 aliphatic carbocycles. The van der Waals surface area contributed by atoms with Crippen LogP contribution in [0.4, 0.5) is 5.69 Å². The minimum Gasteiger partial charge on any atom is -0.497 e. The van der Waals surface area contributed by atoms with Gasteiger partial charge in [-0.3, -0.25) is 14.3 Å². The molecule has 2 aromatic rings. The molecule has 2 atom stereocenters. The van der Waals surface area contributed by atoms with Crippen molar-refractivity contribution in [1.29, 1.82) is 0 Å². The number of carbonyl (C=O) groups excluding carboxylic acids is 2. The first-order chi connectivity index (χ1) is 12.8. The van der Waals surface area contributed by atoms with Gasteiger partial charge in [-0.1, -0.05) is 6.07 Å². The third-order valence-corrected chi connectivity index (χ3v) is 5.22. The van der Waals surface area contributed by atoms with Gasteiger partial charge in [-0.25, -0.2) is 0 Å². The van der Waals surface area contributed by atoms with Crippen molar-refractivity contribution >= 4 is 17.5 Å². The van der Waals surface area contributed by atoms with Gasteiger partial charge in [0, 0.05) is 43.0 Å². The number of anilines is 1. The maximum Gasteiger partial charge on any atom is 0.227 e. The van der Waals surface area contributed by atoms with Crippen molar-refractivity contribution in [2.75, 3.05) is 18.6 Å². The topological polar surface area (TPSA) is 76.5 Å². The largest absolute Gasteiger partial charge is 0.497 e. The van der Waals surface area contributed by atoms with Crippen LogP contribution < -0.4 is 15.0 Å². The molecule has 7 nitrogen and oxygen atoms in total. The van der Waals surface area contributed by atoms with Crippen molar-refractivity contribution in [3.8, 4) is 5.75 Å². The molecule has 0 spiro atoms. The molecule has 1 fully saturated rings. The molecule has 0 saturated carbocycles. The summed E-state index contributed by atoms with van der Waals surface area (Å²) in [5.41, 5.74) is 3.71. The summed E-state index contributed by atoms with van der Waals surface area (Å²) in [5.74, 6) is 0.154. The van der Waals surface area contributed by atoms with Crippen LogP contribution in [-0.4, -0.2) is 35.2 Å². The fourth-order valence-electron chi connectivity index (χ4n) is 3.73. The average molecular weight is 370 g/mol. The predicted molar refractivity (Wildman–Crippen MR) is 103 cm³/mol. The third-order valence-electron chi connectivity index (χ3n) is 5.22. The van der Waals surface area contributed by atoms with Crippen LogP contribution in [0.2, 0.25) is 0 Å². The highest BCUT2D eigenvalue weighted by Crippen LogP contribution is 2.29. The monoisotopic (exact) mass is 370 g/mol. The number of ether oxygens (including phenoxy) is 1. The van der Waals surface area contributed by atoms with Crippen molar-refractivity contribution in [2.45, 2.75) is 33.2 Å². The minimum atomic E-state index is -0.372. The zero-order valence-electron chi connectivity index (χ0n) is 16.4. The summed E-state index contributed by atoms with van der Waals surface area (Å²) in [4.78, 5) is 26.9. The van der Waals surface area contributed by atoms with Gasteiger partial charge in [0.05, 0.1) is 24.8 Å². The number of carbonyl (C=O) groups is 2. The molecule has 1 N–H and O–H groups in total. The normalized spacial score (nSPS) is 17.9. The number of aryl methyl sites for hydroxylation is 2. The maximum atomic E-state index is 12.8. The van der Waals surface area contributed by atoms with Crippen LogP contribution in [0.15, 0.2) is 24.3 Å². The molecule has 2 heterocycles. The number of nitrogens with one attached hydrogen (secondary N) is 1. The molecule has 3 rings (SSSR count). The molecule has 1 aliphatic rings. The Labute approximate surface area is 159 Å². The van der Waals surface area contributed by atoms with E-state index in [0.29, 0.717) is 12.3 Å². The molecule has 1 saturated heterocycles. The Morgan fingerprint density at radius 2 is 2.11 bits per heavy atom. The smallest absolute Gasteiger partial charge is 0.227 e. The highest BCUT2D eigenvalue weighted by atomic mass is 16.5. The van der Waals surface area contributed by atoms with Crippen LogP contribution in [0, 0.1) is 19.8 Å². The Hall–Kier alpha value is -2.83. The second kappa shape index (κ2) is 7.42. The van der Waals surface area contributed by atoms with Crippen LogP contribution in [-0.2, 0) is 16.6 Å². The lowest BCUT2D eigenvalue weighted by Gasteiger charge is -2.19. The van der Waals surface area contributed by atoms with Crippen molar-refractivity contribution in [3.05, 3.63) is 41.2 Å². The molecule has 2 amide bonds. The van der Waals surface area contributed by atoms with E-state index in [1.807, 2.05) is 56.8 Å². The van der Waals surface area contributed by atoms with Gasteiger partial charge in [0.15, 0.2) is 0 Å². The lowest BCUT2D eigenvalue weighted by molar-refractivity contribution is -0.126. The SMILES string of the molecule is COc1cccc(N2CC(C(=O)NC(C)c3c(C)nn(C)c3C)CC2=O)c1. The van der Waals surface area contributed by atoms with Crippen molar-refractivity contribution < 1.29 is 14.3 Å². The molecule has 0 radical (unpaired) electrons. The van der Waals surface area contributed by atoms with Crippen molar-refractivity contribution in [1.82, 2.24) is 15.1 Å². The first-order valence-electron chi connectivity index (χ1n) is 9.06. The zero-order valence-corrected chi connectivity index (χ0v) is 16.4. The van der Waals surface area contributed by atoms with E-state index in [1.165, 1.54) is 0 Å². The number of rotatable bonds is 5. The van der Waals surface area contributed by atoms with Gasteiger partial charge in [-0.15, -0.1) is 0 Å². The van der Waals surface area contributed by atoms with E-state index >= 15 is 0 Å². The summed E-state index contributed by atoms with van der Waals surface area (Å²) in [6, 6.07) is 7.17. The number of methoxy groups -OCH3 is 1. The Morgan fingerprint density at radius 1 is 1.37 bits per heavy atom. The predicted octanol–water partition coefficient (Wildman–Crippen LogP) is 2.28. The molecule has 7 heteroatoms. The van der Waals surface area contributed by atoms with Crippen molar-refractivity contribution in [2.24, 2.45) is 13.0 Å². The van der Waals surface area contributed by atoms with Gasteiger partial charge in [0.25, 0.3) is 0 Å². The molecule has 1 aromatic carbocycles. The first-order valence-corrected chi connectivity index (χ1v) is 9.06. The molecule has 1 aromatic heterocycles. The lowest BCUT2D eigenvalue weighted by atomic mass is 10.0.